The van der Waals surface area contributed by atoms with Crippen molar-refractivity contribution in [3.05, 3.63) is 0 Å². The maximum Gasteiger partial charge on any atom is 0.407 e. The number of hydrogen-bond acceptors (Lipinski definition) is 8. The zero-order valence-electron chi connectivity index (χ0n) is 25.0. The average molecular weight is 589 g/mol. The molecule has 0 aromatic carbocycles. The van der Waals surface area contributed by atoms with E-state index in [9.17, 15) is 28.8 Å². The van der Waals surface area contributed by atoms with Crippen LogP contribution in [0.15, 0.2) is 0 Å². The predicted octanol–water partition coefficient (Wildman–Crippen LogP) is 0.542. The van der Waals surface area contributed by atoms with E-state index in [0.717, 1.165) is 6.42 Å². The van der Waals surface area contributed by atoms with Crippen LogP contribution in [-0.4, -0.2) is 108 Å². The molecule has 0 radical (unpaired) electrons. The lowest BCUT2D eigenvalue weighted by Gasteiger charge is -2.29. The van der Waals surface area contributed by atoms with Crippen LogP contribution in [-0.2, 0) is 28.7 Å². The summed E-state index contributed by atoms with van der Waals surface area (Å²) in [5, 5.41) is 13.3. The molecule has 0 saturated heterocycles. The Morgan fingerprint density at radius 3 is 1.61 bits per heavy atom. The van der Waals surface area contributed by atoms with Gasteiger partial charge in [-0.25, -0.2) is 9.59 Å². The molecule has 0 aromatic rings. The topological polar surface area (TPSA) is 224 Å². The summed E-state index contributed by atoms with van der Waals surface area (Å²) in [4.78, 5) is 73.6. The quantitative estimate of drug-likeness (QED) is 0.126. The summed E-state index contributed by atoms with van der Waals surface area (Å²) in [7, 11) is 0. The smallest absolute Gasteiger partial charge is 0.407 e. The SMILES string of the molecule is CCC(C)(C)OCCC(C)(C)OC(=O)NCCC(=O)N(CCC(N)=O)CCN(CCC(N)=O)C(=O)CCNC(=O)O. The van der Waals surface area contributed by atoms with E-state index in [-0.39, 0.29) is 70.6 Å². The molecule has 0 rings (SSSR count). The van der Waals surface area contributed by atoms with Crippen molar-refractivity contribution in [2.45, 2.75) is 84.3 Å². The van der Waals surface area contributed by atoms with Crippen molar-refractivity contribution in [2.24, 2.45) is 11.5 Å². The summed E-state index contributed by atoms with van der Waals surface area (Å²) >= 11 is 0. The van der Waals surface area contributed by atoms with Gasteiger partial charge in [-0.1, -0.05) is 6.92 Å². The van der Waals surface area contributed by atoms with Crippen LogP contribution in [0.3, 0.4) is 0 Å². The minimum atomic E-state index is -1.28. The highest BCUT2D eigenvalue weighted by atomic mass is 16.6. The van der Waals surface area contributed by atoms with Gasteiger partial charge in [-0.3, -0.25) is 19.2 Å². The van der Waals surface area contributed by atoms with Gasteiger partial charge in [-0.2, -0.15) is 0 Å². The fourth-order valence-electron chi connectivity index (χ4n) is 3.33. The molecule has 0 saturated carbocycles. The normalized spacial score (nSPS) is 11.3. The first-order valence-corrected chi connectivity index (χ1v) is 13.7. The Bertz CT molecular complexity index is 895. The molecule has 0 heterocycles. The van der Waals surface area contributed by atoms with Crippen molar-refractivity contribution < 1.29 is 43.3 Å². The second-order valence-corrected chi connectivity index (χ2v) is 10.7. The highest BCUT2D eigenvalue weighted by Crippen LogP contribution is 2.19. The zero-order valence-corrected chi connectivity index (χ0v) is 25.0. The van der Waals surface area contributed by atoms with Crippen LogP contribution in [0, 0.1) is 0 Å². The second-order valence-electron chi connectivity index (χ2n) is 10.7. The lowest BCUT2D eigenvalue weighted by atomic mass is 10.0. The number of nitrogens with one attached hydrogen (secondary N) is 2. The molecule has 0 bridgehead atoms. The molecule has 7 N–H and O–H groups in total. The van der Waals surface area contributed by atoms with Crippen molar-refractivity contribution >= 4 is 35.8 Å². The Morgan fingerprint density at radius 2 is 1.20 bits per heavy atom. The summed E-state index contributed by atoms with van der Waals surface area (Å²) in [6.07, 6.45) is -1.19. The fraction of sp³-hybridized carbons (Fsp3) is 0.769. The average Bonchev–Trinajstić information content (AvgIpc) is 2.84. The standard InChI is InChI=1S/C26H48N6O9/c1-6-25(2,3)40-18-11-26(4,5)41-24(39)30-13-8-22(36)32(15-10-20(28)34)17-16-31(14-9-19(27)33)21(35)7-12-29-23(37)38/h29H,6-18H2,1-5H3,(H2,27,33)(H2,28,34)(H,30,39)(H,37,38). The van der Waals surface area contributed by atoms with Gasteiger partial charge in [0.15, 0.2) is 0 Å². The molecule has 15 nitrogen and oxygen atoms in total. The van der Waals surface area contributed by atoms with E-state index >= 15 is 0 Å². The first kappa shape index (κ1) is 37.4. The third-order valence-corrected chi connectivity index (χ3v) is 6.24. The van der Waals surface area contributed by atoms with Gasteiger partial charge in [0.1, 0.15) is 5.60 Å². The molecular formula is C26H48N6O9. The number of ether oxygens (including phenoxy) is 2. The summed E-state index contributed by atoms with van der Waals surface area (Å²) in [5.74, 6) is -2.11. The molecule has 0 atom stereocenters. The Labute approximate surface area is 241 Å². The van der Waals surface area contributed by atoms with Crippen LogP contribution in [0.4, 0.5) is 9.59 Å². The summed E-state index contributed by atoms with van der Waals surface area (Å²) < 4.78 is 11.3. The van der Waals surface area contributed by atoms with Gasteiger partial charge >= 0.3 is 12.2 Å². The maximum absolute atomic E-state index is 12.9. The first-order valence-electron chi connectivity index (χ1n) is 13.7. The molecule has 41 heavy (non-hydrogen) atoms. The van der Waals surface area contributed by atoms with E-state index in [1.807, 2.05) is 20.8 Å². The number of amides is 6. The molecule has 0 aliphatic carbocycles. The largest absolute Gasteiger partial charge is 0.465 e. The van der Waals surface area contributed by atoms with Crippen molar-refractivity contribution in [1.82, 2.24) is 20.4 Å². The van der Waals surface area contributed by atoms with E-state index in [1.54, 1.807) is 13.8 Å². The Balaban J connectivity index is 5.00. The zero-order chi connectivity index (χ0) is 31.6. The number of nitrogens with two attached hydrogens (primary N) is 2. The maximum atomic E-state index is 12.9. The predicted molar refractivity (Wildman–Crippen MR) is 150 cm³/mol. The summed E-state index contributed by atoms with van der Waals surface area (Å²) in [5.41, 5.74) is 9.36. The van der Waals surface area contributed by atoms with Crippen LogP contribution in [0.5, 0.6) is 0 Å². The molecule has 0 fully saturated rings. The Hall–Kier alpha value is -3.62. The molecule has 0 spiro atoms. The lowest BCUT2D eigenvalue weighted by Crippen LogP contribution is -2.44. The van der Waals surface area contributed by atoms with E-state index in [2.05, 4.69) is 10.6 Å². The van der Waals surface area contributed by atoms with Gasteiger partial charge in [0.25, 0.3) is 0 Å². The number of rotatable bonds is 21. The highest BCUT2D eigenvalue weighted by molar-refractivity contribution is 5.80. The van der Waals surface area contributed by atoms with Gasteiger partial charge in [0.05, 0.1) is 12.2 Å². The van der Waals surface area contributed by atoms with Crippen LogP contribution in [0.1, 0.15) is 73.1 Å². The Kier molecular flexibility index (Phi) is 17.0. The van der Waals surface area contributed by atoms with E-state index < -0.39 is 41.4 Å². The van der Waals surface area contributed by atoms with E-state index in [1.165, 1.54) is 9.80 Å². The number of hydrogen-bond donors (Lipinski definition) is 5. The fourth-order valence-corrected chi connectivity index (χ4v) is 3.33. The summed E-state index contributed by atoms with van der Waals surface area (Å²) in [6.45, 7) is 9.71. The Morgan fingerprint density at radius 1 is 0.732 bits per heavy atom. The molecular weight excluding hydrogens is 540 g/mol. The van der Waals surface area contributed by atoms with Gasteiger partial charge < -0.3 is 46.5 Å². The van der Waals surface area contributed by atoms with Gasteiger partial charge in [0.2, 0.25) is 23.6 Å². The third kappa shape index (κ3) is 19.2. The molecule has 0 unspecified atom stereocenters. The number of primary amides is 2. The molecule has 6 amide bonds. The van der Waals surface area contributed by atoms with Crippen molar-refractivity contribution in [3.8, 4) is 0 Å². The summed E-state index contributed by atoms with van der Waals surface area (Å²) in [6, 6.07) is 0. The molecule has 0 aliphatic heterocycles. The molecule has 0 aliphatic rings. The van der Waals surface area contributed by atoms with Crippen LogP contribution in [0.2, 0.25) is 0 Å². The number of carboxylic acid groups (broad SMARTS) is 1. The minimum absolute atomic E-state index is 0.00422. The van der Waals surface area contributed by atoms with E-state index in [0.29, 0.717) is 13.0 Å². The van der Waals surface area contributed by atoms with Gasteiger partial charge in [-0.05, 0) is 34.1 Å². The van der Waals surface area contributed by atoms with Crippen molar-refractivity contribution in [3.63, 3.8) is 0 Å². The first-order chi connectivity index (χ1) is 19.0. The number of carbonyl (C=O) groups excluding carboxylic acids is 5. The van der Waals surface area contributed by atoms with Crippen LogP contribution >= 0.6 is 0 Å². The van der Waals surface area contributed by atoms with E-state index in [4.69, 9.17) is 26.0 Å². The number of nitrogens with zero attached hydrogens (tertiary/aromatic N) is 2. The number of alkyl carbamates (subject to hydrolysis) is 1. The van der Waals surface area contributed by atoms with Gasteiger partial charge in [-0.15, -0.1) is 0 Å². The number of carbonyl (C=O) groups is 6. The minimum Gasteiger partial charge on any atom is -0.465 e. The lowest BCUT2D eigenvalue weighted by molar-refractivity contribution is -0.136. The second kappa shape index (κ2) is 18.7. The van der Waals surface area contributed by atoms with Gasteiger partial charge in [0, 0.05) is 71.4 Å². The van der Waals surface area contributed by atoms with Crippen molar-refractivity contribution in [2.75, 3.05) is 45.9 Å². The molecule has 236 valence electrons. The molecule has 0 aromatic heterocycles. The monoisotopic (exact) mass is 588 g/mol. The van der Waals surface area contributed by atoms with Crippen LogP contribution in [0.25, 0.3) is 0 Å². The van der Waals surface area contributed by atoms with Crippen LogP contribution < -0.4 is 22.1 Å². The third-order valence-electron chi connectivity index (χ3n) is 6.24. The van der Waals surface area contributed by atoms with Crippen molar-refractivity contribution in [1.29, 1.82) is 0 Å². The highest BCUT2D eigenvalue weighted by Gasteiger charge is 2.25. The molecule has 15 heteroatoms.